The highest BCUT2D eigenvalue weighted by Gasteiger charge is 2.24. The largest absolute Gasteiger partial charge is 0.395 e. The Morgan fingerprint density at radius 2 is 2.09 bits per heavy atom. The number of aliphatic hydroxyl groups excluding tert-OH is 1. The Kier molecular flexibility index (Phi) is 5.22. The summed E-state index contributed by atoms with van der Waals surface area (Å²) >= 11 is 2.93. The Bertz CT molecular complexity index is 759. The fraction of sp³-hybridized carbons (Fsp3) is 0.188. The number of thiazole rings is 1. The van der Waals surface area contributed by atoms with E-state index in [0.717, 1.165) is 14.6 Å². The monoisotopic (exact) mass is 345 g/mol. The van der Waals surface area contributed by atoms with Crippen molar-refractivity contribution in [3.63, 3.8) is 0 Å². The van der Waals surface area contributed by atoms with Gasteiger partial charge in [-0.3, -0.25) is 9.78 Å². The molecule has 0 radical (unpaired) electrons. The van der Waals surface area contributed by atoms with Crippen molar-refractivity contribution in [1.29, 1.82) is 0 Å². The van der Waals surface area contributed by atoms with Crippen LogP contribution >= 0.6 is 23.1 Å². The molecule has 2 N–H and O–H groups in total. The van der Waals surface area contributed by atoms with Gasteiger partial charge in [0.15, 0.2) is 4.34 Å². The lowest BCUT2D eigenvalue weighted by Gasteiger charge is -2.14. The summed E-state index contributed by atoms with van der Waals surface area (Å²) < 4.78 is 1.91. The standard InChI is InChI=1S/C16H15N3O2S2/c20-10-9-18-15(21)14(12-6-3-4-8-17-12)23-16-19-11-5-1-2-7-13(11)22-16/h1-8,14,20H,9-10H2,(H,18,21). The molecule has 118 valence electrons. The lowest BCUT2D eigenvalue weighted by atomic mass is 10.2. The van der Waals surface area contributed by atoms with E-state index < -0.39 is 5.25 Å². The van der Waals surface area contributed by atoms with Crippen LogP contribution in [0, 0.1) is 0 Å². The van der Waals surface area contributed by atoms with E-state index in [0.29, 0.717) is 5.69 Å². The van der Waals surface area contributed by atoms with Crippen molar-refractivity contribution in [2.24, 2.45) is 0 Å². The van der Waals surface area contributed by atoms with Gasteiger partial charge in [0.25, 0.3) is 0 Å². The number of aromatic nitrogens is 2. The Morgan fingerprint density at radius 1 is 1.26 bits per heavy atom. The minimum Gasteiger partial charge on any atom is -0.395 e. The number of carbonyl (C=O) groups is 1. The average Bonchev–Trinajstić information content (AvgIpc) is 3.01. The van der Waals surface area contributed by atoms with Gasteiger partial charge in [0.05, 0.1) is 22.5 Å². The highest BCUT2D eigenvalue weighted by Crippen LogP contribution is 2.38. The molecule has 0 saturated heterocycles. The number of hydrogen-bond acceptors (Lipinski definition) is 6. The summed E-state index contributed by atoms with van der Waals surface area (Å²) in [5, 5.41) is 11.1. The summed E-state index contributed by atoms with van der Waals surface area (Å²) in [6, 6.07) is 13.4. The molecule has 0 fully saturated rings. The van der Waals surface area contributed by atoms with Crippen LogP contribution in [0.3, 0.4) is 0 Å². The second-order valence-electron chi connectivity index (χ2n) is 4.71. The third-order valence-electron chi connectivity index (χ3n) is 3.10. The van der Waals surface area contributed by atoms with Crippen LogP contribution in [-0.2, 0) is 4.79 Å². The quantitative estimate of drug-likeness (QED) is 0.672. The first-order valence-electron chi connectivity index (χ1n) is 7.09. The first kappa shape index (κ1) is 15.9. The first-order chi connectivity index (χ1) is 11.3. The Hall–Kier alpha value is -1.96. The molecule has 1 amide bonds. The molecule has 1 unspecified atom stereocenters. The number of nitrogens with one attached hydrogen (secondary N) is 1. The van der Waals surface area contributed by atoms with Crippen LogP contribution in [0.2, 0.25) is 0 Å². The second kappa shape index (κ2) is 7.54. The summed E-state index contributed by atoms with van der Waals surface area (Å²) in [5.74, 6) is -0.179. The normalized spacial score (nSPS) is 12.2. The van der Waals surface area contributed by atoms with Gasteiger partial charge < -0.3 is 10.4 Å². The van der Waals surface area contributed by atoms with E-state index in [-0.39, 0.29) is 19.1 Å². The van der Waals surface area contributed by atoms with Crippen molar-refractivity contribution in [2.45, 2.75) is 9.59 Å². The molecule has 7 heteroatoms. The number of carbonyl (C=O) groups excluding carboxylic acids is 1. The highest BCUT2D eigenvalue weighted by molar-refractivity contribution is 8.02. The van der Waals surface area contributed by atoms with Gasteiger partial charge in [0.2, 0.25) is 5.91 Å². The molecule has 0 spiro atoms. The number of para-hydroxylation sites is 1. The van der Waals surface area contributed by atoms with Crippen molar-refractivity contribution < 1.29 is 9.90 Å². The zero-order valence-electron chi connectivity index (χ0n) is 12.2. The van der Waals surface area contributed by atoms with Crippen molar-refractivity contribution in [3.8, 4) is 0 Å². The van der Waals surface area contributed by atoms with Crippen molar-refractivity contribution in [3.05, 3.63) is 54.4 Å². The van der Waals surface area contributed by atoms with Crippen LogP contribution in [0.4, 0.5) is 0 Å². The molecule has 3 aromatic rings. The van der Waals surface area contributed by atoms with Gasteiger partial charge in [-0.2, -0.15) is 0 Å². The van der Waals surface area contributed by atoms with Crippen LogP contribution in [0.5, 0.6) is 0 Å². The van der Waals surface area contributed by atoms with Crippen LogP contribution in [0.15, 0.2) is 53.0 Å². The number of fused-ring (bicyclic) bond motifs is 1. The molecule has 2 heterocycles. The van der Waals surface area contributed by atoms with Crippen LogP contribution in [-0.4, -0.2) is 34.1 Å². The lowest BCUT2D eigenvalue weighted by molar-refractivity contribution is -0.120. The smallest absolute Gasteiger partial charge is 0.239 e. The maximum Gasteiger partial charge on any atom is 0.239 e. The van der Waals surface area contributed by atoms with E-state index in [1.807, 2.05) is 42.5 Å². The highest BCUT2D eigenvalue weighted by atomic mass is 32.2. The molecule has 0 bridgehead atoms. The SMILES string of the molecule is O=C(NCCO)C(Sc1nc2ccccc2s1)c1ccccn1. The minimum absolute atomic E-state index is 0.0908. The Morgan fingerprint density at radius 3 is 2.83 bits per heavy atom. The van der Waals surface area contributed by atoms with Gasteiger partial charge in [-0.15, -0.1) is 11.3 Å². The third kappa shape index (κ3) is 3.87. The molecule has 1 aromatic carbocycles. The fourth-order valence-corrected chi connectivity index (χ4v) is 4.30. The van der Waals surface area contributed by atoms with Crippen molar-refractivity contribution in [2.75, 3.05) is 13.2 Å². The van der Waals surface area contributed by atoms with Gasteiger partial charge in [0, 0.05) is 12.7 Å². The van der Waals surface area contributed by atoms with Gasteiger partial charge in [-0.1, -0.05) is 30.0 Å². The molecule has 0 aliphatic heterocycles. The summed E-state index contributed by atoms with van der Waals surface area (Å²) in [7, 11) is 0. The molecular weight excluding hydrogens is 330 g/mol. The topological polar surface area (TPSA) is 75.1 Å². The van der Waals surface area contributed by atoms with Gasteiger partial charge >= 0.3 is 0 Å². The minimum atomic E-state index is -0.497. The number of amides is 1. The fourth-order valence-electron chi connectivity index (χ4n) is 2.05. The van der Waals surface area contributed by atoms with Crippen molar-refractivity contribution in [1.82, 2.24) is 15.3 Å². The van der Waals surface area contributed by atoms with Crippen LogP contribution in [0.1, 0.15) is 10.9 Å². The average molecular weight is 345 g/mol. The maximum absolute atomic E-state index is 12.4. The van der Waals surface area contributed by atoms with E-state index in [1.165, 1.54) is 11.8 Å². The Balaban J connectivity index is 1.87. The number of pyridine rings is 1. The summed E-state index contributed by atoms with van der Waals surface area (Å²) in [4.78, 5) is 21.3. The molecule has 1 atom stereocenters. The Labute approximate surface area is 141 Å². The van der Waals surface area contributed by atoms with Gasteiger partial charge in [0.1, 0.15) is 5.25 Å². The number of thioether (sulfide) groups is 1. The van der Waals surface area contributed by atoms with E-state index in [9.17, 15) is 4.79 Å². The van der Waals surface area contributed by atoms with E-state index in [2.05, 4.69) is 15.3 Å². The molecule has 23 heavy (non-hydrogen) atoms. The van der Waals surface area contributed by atoms with Crippen molar-refractivity contribution >= 4 is 39.2 Å². The van der Waals surface area contributed by atoms with Gasteiger partial charge in [-0.25, -0.2) is 4.98 Å². The number of nitrogens with zero attached hydrogens (tertiary/aromatic N) is 2. The first-order valence-corrected chi connectivity index (χ1v) is 8.79. The maximum atomic E-state index is 12.4. The number of hydrogen-bond donors (Lipinski definition) is 2. The molecule has 0 aliphatic rings. The predicted octanol–water partition coefficient (Wildman–Crippen LogP) is 2.63. The molecule has 0 aliphatic carbocycles. The lowest BCUT2D eigenvalue weighted by Crippen LogP contribution is -2.30. The molecular formula is C16H15N3O2S2. The van der Waals surface area contributed by atoms with Crippen LogP contribution in [0.25, 0.3) is 10.2 Å². The van der Waals surface area contributed by atoms with E-state index >= 15 is 0 Å². The number of rotatable bonds is 6. The van der Waals surface area contributed by atoms with Gasteiger partial charge in [-0.05, 0) is 24.3 Å². The summed E-state index contributed by atoms with van der Waals surface area (Å²) in [6.45, 7) is 0.134. The number of benzene rings is 1. The third-order valence-corrected chi connectivity index (χ3v) is 5.45. The van der Waals surface area contributed by atoms with Crippen LogP contribution < -0.4 is 5.32 Å². The van der Waals surface area contributed by atoms with E-state index in [4.69, 9.17) is 5.11 Å². The zero-order chi connectivity index (χ0) is 16.1. The second-order valence-corrected chi connectivity index (χ2v) is 7.10. The summed E-state index contributed by atoms with van der Waals surface area (Å²) in [6.07, 6.45) is 1.67. The molecule has 5 nitrogen and oxygen atoms in total. The molecule has 0 saturated carbocycles. The number of aliphatic hydroxyl groups is 1. The predicted molar refractivity (Wildman–Crippen MR) is 92.6 cm³/mol. The zero-order valence-corrected chi connectivity index (χ0v) is 13.8. The summed E-state index contributed by atoms with van der Waals surface area (Å²) in [5.41, 5.74) is 1.60. The molecule has 3 rings (SSSR count). The van der Waals surface area contributed by atoms with E-state index in [1.54, 1.807) is 17.5 Å². The molecule has 2 aromatic heterocycles.